The van der Waals surface area contributed by atoms with Crippen molar-refractivity contribution in [2.45, 2.75) is 71.1 Å². The maximum absolute atomic E-state index is 6.86. The average molecular weight is 664 g/mol. The molecule has 0 saturated carbocycles. The number of hydrogen-bond acceptors (Lipinski definition) is 3. The highest BCUT2D eigenvalue weighted by Crippen LogP contribution is 2.54. The second-order valence-corrected chi connectivity index (χ2v) is 16.9. The highest BCUT2D eigenvalue weighted by molar-refractivity contribution is 6.98. The summed E-state index contributed by atoms with van der Waals surface area (Å²) in [6.07, 6.45) is 1.12. The normalized spacial score (nSPS) is 17.2. The van der Waals surface area contributed by atoms with Gasteiger partial charge in [0.15, 0.2) is 0 Å². The van der Waals surface area contributed by atoms with Crippen LogP contribution in [0.25, 0.3) is 11.1 Å². The van der Waals surface area contributed by atoms with Gasteiger partial charge in [0.2, 0.25) is 0 Å². The molecular formula is C47H42BNO2. The standard InChI is InChI=1S/C47H42BNO2/c1-28-42-36(45(2,3)27-46(42,4)5)26-38-44(28)51-40-20-14-19-39-43(40)48(38)37-25-35-33(24-41(37)50-39)32-22-21-31(23-34(32)47(35,6)7)49(29-15-10-8-11-16-29)30-17-12-9-13-18-30/h8-26H,27H2,1-7H3. The molecule has 0 unspecified atom stereocenters. The molecule has 3 nitrogen and oxygen atoms in total. The van der Waals surface area contributed by atoms with Gasteiger partial charge in [0, 0.05) is 27.9 Å². The van der Waals surface area contributed by atoms with Crippen molar-refractivity contribution >= 4 is 40.2 Å². The number of fused-ring (bicyclic) bond motifs is 8. The first-order chi connectivity index (χ1) is 24.4. The summed E-state index contributed by atoms with van der Waals surface area (Å²) in [7, 11) is 0. The van der Waals surface area contributed by atoms with Gasteiger partial charge < -0.3 is 14.4 Å². The fraction of sp³-hybridized carbons (Fsp3) is 0.234. The largest absolute Gasteiger partial charge is 0.458 e. The minimum Gasteiger partial charge on any atom is -0.458 e. The van der Waals surface area contributed by atoms with Gasteiger partial charge in [0.05, 0.1) is 0 Å². The molecule has 4 aliphatic rings. The molecular weight excluding hydrogens is 621 g/mol. The van der Waals surface area contributed by atoms with Crippen LogP contribution in [0.15, 0.2) is 115 Å². The van der Waals surface area contributed by atoms with Crippen LogP contribution >= 0.6 is 0 Å². The zero-order chi connectivity index (χ0) is 35.0. The SMILES string of the molecule is Cc1c2c(cc3c1C(C)(C)CC3(C)C)B1c3cc4c(cc3Oc3cccc(c31)O2)-c1ccc(N(c2ccccc2)c2ccccc2)cc1C4(C)C. The van der Waals surface area contributed by atoms with E-state index < -0.39 is 0 Å². The summed E-state index contributed by atoms with van der Waals surface area (Å²) < 4.78 is 13.7. The Morgan fingerprint density at radius 2 is 1.18 bits per heavy atom. The first kappa shape index (κ1) is 30.6. The highest BCUT2D eigenvalue weighted by Gasteiger charge is 2.49. The lowest BCUT2D eigenvalue weighted by Gasteiger charge is -2.36. The first-order valence-corrected chi connectivity index (χ1v) is 18.3. The number of hydrogen-bond donors (Lipinski definition) is 0. The van der Waals surface area contributed by atoms with Crippen LogP contribution in [-0.2, 0) is 16.2 Å². The molecule has 10 rings (SSSR count). The Kier molecular flexibility index (Phi) is 6.11. The van der Waals surface area contributed by atoms with Crippen LogP contribution in [0.1, 0.15) is 75.8 Å². The molecule has 51 heavy (non-hydrogen) atoms. The molecule has 250 valence electrons. The molecule has 0 radical (unpaired) electrons. The van der Waals surface area contributed by atoms with Gasteiger partial charge in [-0.2, -0.15) is 0 Å². The van der Waals surface area contributed by atoms with Crippen molar-refractivity contribution in [3.63, 3.8) is 0 Å². The number of benzene rings is 6. The van der Waals surface area contributed by atoms with Gasteiger partial charge in [-0.3, -0.25) is 0 Å². The van der Waals surface area contributed by atoms with Crippen molar-refractivity contribution in [2.75, 3.05) is 4.90 Å². The van der Waals surface area contributed by atoms with E-state index in [9.17, 15) is 0 Å². The molecule has 2 heterocycles. The van der Waals surface area contributed by atoms with Crippen molar-refractivity contribution < 1.29 is 9.47 Å². The number of anilines is 3. The Morgan fingerprint density at radius 1 is 0.549 bits per heavy atom. The Morgan fingerprint density at radius 3 is 1.86 bits per heavy atom. The van der Waals surface area contributed by atoms with E-state index in [2.05, 4.69) is 169 Å². The summed E-state index contributed by atoms with van der Waals surface area (Å²) in [4.78, 5) is 2.36. The van der Waals surface area contributed by atoms with Crippen molar-refractivity contribution in [2.24, 2.45) is 0 Å². The molecule has 0 aromatic heterocycles. The van der Waals surface area contributed by atoms with Crippen molar-refractivity contribution in [3.05, 3.63) is 143 Å². The quantitative estimate of drug-likeness (QED) is 0.176. The van der Waals surface area contributed by atoms with Gasteiger partial charge >= 0.3 is 0 Å². The highest BCUT2D eigenvalue weighted by atomic mass is 16.5. The summed E-state index contributed by atoms with van der Waals surface area (Å²) in [5.74, 6) is 3.76. The Hall–Kier alpha value is -5.22. The van der Waals surface area contributed by atoms with Crippen LogP contribution in [0.3, 0.4) is 0 Å². The third-order valence-electron chi connectivity index (χ3n) is 12.3. The van der Waals surface area contributed by atoms with Gasteiger partial charge in [-0.05, 0) is 129 Å². The lowest BCUT2D eigenvalue weighted by Crippen LogP contribution is -2.58. The molecule has 0 bridgehead atoms. The minimum atomic E-state index is -0.220. The van der Waals surface area contributed by atoms with Gasteiger partial charge in [-0.15, -0.1) is 0 Å². The fourth-order valence-corrected chi connectivity index (χ4v) is 10.4. The van der Waals surface area contributed by atoms with Crippen molar-refractivity contribution in [1.82, 2.24) is 0 Å². The lowest BCUT2D eigenvalue weighted by molar-refractivity contribution is 0.401. The third-order valence-corrected chi connectivity index (χ3v) is 12.3. The Balaban J connectivity index is 1.15. The molecule has 0 spiro atoms. The maximum Gasteiger partial charge on any atom is 0.260 e. The number of nitrogens with zero attached hydrogens (tertiary/aromatic N) is 1. The summed E-state index contributed by atoms with van der Waals surface area (Å²) in [5.41, 5.74) is 16.4. The predicted octanol–water partition coefficient (Wildman–Crippen LogP) is 10.5. The second kappa shape index (κ2) is 10.2. The zero-order valence-corrected chi connectivity index (χ0v) is 30.5. The molecule has 2 aliphatic carbocycles. The monoisotopic (exact) mass is 663 g/mol. The van der Waals surface area contributed by atoms with Crippen LogP contribution in [0.5, 0.6) is 23.0 Å². The summed E-state index contributed by atoms with van der Waals surface area (Å²) >= 11 is 0. The van der Waals surface area contributed by atoms with Gasteiger partial charge in [-0.1, -0.05) is 102 Å². The number of ether oxygens (including phenoxy) is 2. The molecule has 2 aliphatic heterocycles. The molecule has 0 atom stereocenters. The van der Waals surface area contributed by atoms with Gasteiger partial charge in [-0.25, -0.2) is 0 Å². The Labute approximate surface area is 302 Å². The molecule has 6 aromatic carbocycles. The van der Waals surface area contributed by atoms with Crippen molar-refractivity contribution in [3.8, 4) is 34.1 Å². The van der Waals surface area contributed by atoms with E-state index in [1.54, 1.807) is 0 Å². The Bertz CT molecular complexity index is 2400. The molecule has 0 fully saturated rings. The number of rotatable bonds is 3. The summed E-state index contributed by atoms with van der Waals surface area (Å²) in [6.45, 7) is 16.7. The third kappa shape index (κ3) is 4.20. The van der Waals surface area contributed by atoms with Crippen molar-refractivity contribution in [1.29, 1.82) is 0 Å². The van der Waals surface area contributed by atoms with E-state index in [4.69, 9.17) is 9.47 Å². The van der Waals surface area contributed by atoms with Crippen LogP contribution in [0.4, 0.5) is 17.1 Å². The van der Waals surface area contributed by atoms with Crippen LogP contribution in [-0.4, -0.2) is 6.71 Å². The van der Waals surface area contributed by atoms with E-state index >= 15 is 0 Å². The smallest absolute Gasteiger partial charge is 0.260 e. The van der Waals surface area contributed by atoms with E-state index in [1.807, 2.05) is 0 Å². The fourth-order valence-electron chi connectivity index (χ4n) is 10.4. The van der Waals surface area contributed by atoms with E-state index in [1.165, 1.54) is 49.9 Å². The zero-order valence-electron chi connectivity index (χ0n) is 30.5. The van der Waals surface area contributed by atoms with E-state index in [-0.39, 0.29) is 23.0 Å². The molecule has 0 N–H and O–H groups in total. The minimum absolute atomic E-state index is 0.0271. The lowest BCUT2D eigenvalue weighted by atomic mass is 9.34. The van der Waals surface area contributed by atoms with Gasteiger partial charge in [0.25, 0.3) is 6.71 Å². The molecule has 0 saturated heterocycles. The van der Waals surface area contributed by atoms with E-state index in [0.29, 0.717) is 0 Å². The topological polar surface area (TPSA) is 21.7 Å². The van der Waals surface area contributed by atoms with Crippen LogP contribution < -0.4 is 30.8 Å². The maximum atomic E-state index is 6.86. The summed E-state index contributed by atoms with van der Waals surface area (Å²) in [6, 6.07) is 41.9. The molecule has 4 heteroatoms. The first-order valence-electron chi connectivity index (χ1n) is 18.3. The predicted molar refractivity (Wildman–Crippen MR) is 212 cm³/mol. The van der Waals surface area contributed by atoms with Gasteiger partial charge in [0.1, 0.15) is 23.0 Å². The number of para-hydroxylation sites is 2. The molecule has 0 amide bonds. The second-order valence-electron chi connectivity index (χ2n) is 16.9. The van der Waals surface area contributed by atoms with E-state index in [0.717, 1.165) is 51.9 Å². The van der Waals surface area contributed by atoms with Crippen LogP contribution in [0, 0.1) is 6.92 Å². The average Bonchev–Trinajstić information content (AvgIpc) is 3.45. The summed E-state index contributed by atoms with van der Waals surface area (Å²) in [5, 5.41) is 0. The van der Waals surface area contributed by atoms with Crippen LogP contribution in [0.2, 0.25) is 0 Å². The molecule has 6 aromatic rings.